The number of carbonyl (C=O) groups excluding carboxylic acids is 3. The summed E-state index contributed by atoms with van der Waals surface area (Å²) < 4.78 is 67.3. The fourth-order valence-corrected chi connectivity index (χ4v) is 5.25. The molecule has 0 saturated heterocycles. The number of fused-ring (bicyclic) bond motifs is 1. The first-order chi connectivity index (χ1) is 16.9. The van der Waals surface area contributed by atoms with Crippen LogP contribution in [0.25, 0.3) is 0 Å². The highest BCUT2D eigenvalue weighted by Gasteiger charge is 2.36. The van der Waals surface area contributed by atoms with Gasteiger partial charge in [0, 0.05) is 28.8 Å². The van der Waals surface area contributed by atoms with Gasteiger partial charge in [-0.3, -0.25) is 14.4 Å². The standard InChI is InChI=1S/C23H15ClF5N3O3S/c1-30-21(35)19-14-8-16(33)31-18(13-7-11(25)2-3-15(13)24)17(14)22(36-19)32-20(34)9-4-10(23(27,28)29)6-12(26)5-9/h2-7,18H,8H2,1H3,(H,30,35)(H,31,33)(H,32,34). The van der Waals surface area contributed by atoms with Crippen LogP contribution in [0.4, 0.5) is 27.0 Å². The van der Waals surface area contributed by atoms with Crippen LogP contribution in [-0.4, -0.2) is 24.8 Å². The van der Waals surface area contributed by atoms with Crippen molar-refractivity contribution < 1.29 is 36.3 Å². The Bertz CT molecular complexity index is 1410. The maximum Gasteiger partial charge on any atom is 0.416 e. The minimum atomic E-state index is -4.89. The molecular formula is C23H15ClF5N3O3S. The van der Waals surface area contributed by atoms with Crippen LogP contribution in [0.2, 0.25) is 5.02 Å². The number of rotatable bonds is 4. The lowest BCUT2D eigenvalue weighted by molar-refractivity contribution is -0.137. The van der Waals surface area contributed by atoms with Crippen molar-refractivity contribution in [1.82, 2.24) is 10.6 Å². The number of carbonyl (C=O) groups is 3. The second kappa shape index (κ2) is 9.51. The molecule has 0 spiro atoms. The molecule has 6 nitrogen and oxygen atoms in total. The van der Waals surface area contributed by atoms with E-state index in [0.717, 1.165) is 23.5 Å². The fourth-order valence-electron chi connectivity index (χ4n) is 3.82. The second-order valence-corrected chi connectivity index (χ2v) is 9.18. The number of anilines is 1. The highest BCUT2D eigenvalue weighted by molar-refractivity contribution is 7.18. The summed E-state index contributed by atoms with van der Waals surface area (Å²) in [5.74, 6) is -4.11. The number of thiophene rings is 1. The van der Waals surface area contributed by atoms with E-state index in [2.05, 4.69) is 16.0 Å². The molecule has 0 radical (unpaired) electrons. The molecule has 3 aromatic rings. The van der Waals surface area contributed by atoms with Gasteiger partial charge in [0.1, 0.15) is 16.6 Å². The predicted molar refractivity (Wildman–Crippen MR) is 122 cm³/mol. The van der Waals surface area contributed by atoms with Crippen molar-refractivity contribution in [3.05, 3.63) is 85.7 Å². The first kappa shape index (κ1) is 25.6. The largest absolute Gasteiger partial charge is 0.416 e. The van der Waals surface area contributed by atoms with Crippen molar-refractivity contribution in [1.29, 1.82) is 0 Å². The van der Waals surface area contributed by atoms with Crippen LogP contribution >= 0.6 is 22.9 Å². The van der Waals surface area contributed by atoms with E-state index in [1.54, 1.807) is 0 Å². The van der Waals surface area contributed by atoms with Crippen molar-refractivity contribution in [3.63, 3.8) is 0 Å². The molecule has 0 saturated carbocycles. The van der Waals surface area contributed by atoms with Gasteiger partial charge in [-0.05, 0) is 42.0 Å². The van der Waals surface area contributed by atoms with E-state index < -0.39 is 52.7 Å². The maximum atomic E-state index is 14.0. The van der Waals surface area contributed by atoms with Crippen LogP contribution in [0.5, 0.6) is 0 Å². The van der Waals surface area contributed by atoms with E-state index in [-0.39, 0.29) is 44.1 Å². The number of alkyl halides is 3. The summed E-state index contributed by atoms with van der Waals surface area (Å²) in [4.78, 5) is 38.0. The van der Waals surface area contributed by atoms with Crippen LogP contribution < -0.4 is 16.0 Å². The van der Waals surface area contributed by atoms with E-state index >= 15 is 0 Å². The number of hydrogen-bond donors (Lipinski definition) is 3. The number of nitrogens with one attached hydrogen (secondary N) is 3. The molecule has 4 rings (SSSR count). The third-order valence-electron chi connectivity index (χ3n) is 5.40. The summed E-state index contributed by atoms with van der Waals surface area (Å²) in [6, 6.07) is 3.73. The summed E-state index contributed by atoms with van der Waals surface area (Å²) >= 11 is 7.01. The quantitative estimate of drug-likeness (QED) is 0.402. The summed E-state index contributed by atoms with van der Waals surface area (Å²) in [5.41, 5.74) is -1.40. The highest BCUT2D eigenvalue weighted by atomic mass is 35.5. The highest BCUT2D eigenvalue weighted by Crippen LogP contribution is 2.44. The van der Waals surface area contributed by atoms with Crippen molar-refractivity contribution in [2.75, 3.05) is 12.4 Å². The predicted octanol–water partition coefficient (Wildman–Crippen LogP) is 5.07. The molecule has 3 N–H and O–H groups in total. The third-order valence-corrected chi connectivity index (χ3v) is 6.90. The lowest BCUT2D eigenvalue weighted by atomic mass is 9.90. The number of halogens is 6. The molecule has 1 aliphatic heterocycles. The lowest BCUT2D eigenvalue weighted by Gasteiger charge is -2.27. The van der Waals surface area contributed by atoms with Crippen molar-refractivity contribution in [2.45, 2.75) is 18.6 Å². The number of amides is 3. The first-order valence-corrected chi connectivity index (χ1v) is 11.4. The third kappa shape index (κ3) is 4.91. The molecule has 36 heavy (non-hydrogen) atoms. The minimum Gasteiger partial charge on any atom is -0.354 e. The van der Waals surface area contributed by atoms with Crippen molar-refractivity contribution in [3.8, 4) is 0 Å². The van der Waals surface area contributed by atoms with E-state index in [1.807, 2.05) is 0 Å². The normalized spacial score (nSPS) is 15.2. The Kier molecular flexibility index (Phi) is 6.76. The van der Waals surface area contributed by atoms with Crippen molar-refractivity contribution >= 4 is 45.7 Å². The Hall–Kier alpha value is -3.51. The van der Waals surface area contributed by atoms with Gasteiger partial charge in [-0.2, -0.15) is 13.2 Å². The molecular weight excluding hydrogens is 529 g/mol. The molecule has 0 fully saturated rings. The molecule has 13 heteroatoms. The van der Waals surface area contributed by atoms with E-state index in [0.29, 0.717) is 12.1 Å². The molecule has 188 valence electrons. The monoisotopic (exact) mass is 543 g/mol. The number of benzene rings is 2. The van der Waals surface area contributed by atoms with Crippen LogP contribution in [-0.2, 0) is 17.4 Å². The van der Waals surface area contributed by atoms with Gasteiger partial charge < -0.3 is 16.0 Å². The summed E-state index contributed by atoms with van der Waals surface area (Å²) in [6.45, 7) is 0. The van der Waals surface area contributed by atoms with Gasteiger partial charge >= 0.3 is 6.18 Å². The second-order valence-electron chi connectivity index (χ2n) is 7.76. The molecule has 3 amide bonds. The van der Waals surface area contributed by atoms with Gasteiger partial charge in [0.25, 0.3) is 11.8 Å². The Labute approximate surface area is 209 Å². The van der Waals surface area contributed by atoms with Gasteiger partial charge in [0.2, 0.25) is 5.91 Å². The average molecular weight is 544 g/mol. The number of hydrogen-bond acceptors (Lipinski definition) is 4. The fraction of sp³-hybridized carbons (Fsp3) is 0.174. The lowest BCUT2D eigenvalue weighted by Crippen LogP contribution is -2.37. The van der Waals surface area contributed by atoms with Gasteiger partial charge in [-0.1, -0.05) is 11.6 Å². The van der Waals surface area contributed by atoms with Crippen LogP contribution in [0.3, 0.4) is 0 Å². The Morgan fingerprint density at radius 3 is 2.47 bits per heavy atom. The zero-order valence-electron chi connectivity index (χ0n) is 18.1. The van der Waals surface area contributed by atoms with E-state index in [9.17, 15) is 36.3 Å². The van der Waals surface area contributed by atoms with Gasteiger partial charge in [-0.15, -0.1) is 11.3 Å². The zero-order chi connectivity index (χ0) is 26.4. The summed E-state index contributed by atoms with van der Waals surface area (Å²) in [7, 11) is 1.35. The Morgan fingerprint density at radius 2 is 1.81 bits per heavy atom. The van der Waals surface area contributed by atoms with Crippen LogP contribution in [0.15, 0.2) is 36.4 Å². The molecule has 0 bridgehead atoms. The Balaban J connectivity index is 1.84. The molecule has 1 unspecified atom stereocenters. The zero-order valence-corrected chi connectivity index (χ0v) is 19.7. The molecule has 1 aliphatic rings. The smallest absolute Gasteiger partial charge is 0.354 e. The Morgan fingerprint density at radius 1 is 1.08 bits per heavy atom. The van der Waals surface area contributed by atoms with Gasteiger partial charge in [-0.25, -0.2) is 8.78 Å². The topological polar surface area (TPSA) is 87.3 Å². The van der Waals surface area contributed by atoms with Crippen LogP contribution in [0, 0.1) is 11.6 Å². The van der Waals surface area contributed by atoms with Crippen molar-refractivity contribution in [2.24, 2.45) is 0 Å². The van der Waals surface area contributed by atoms with Crippen LogP contribution in [0.1, 0.15) is 48.3 Å². The first-order valence-electron chi connectivity index (χ1n) is 10.2. The average Bonchev–Trinajstić information content (AvgIpc) is 3.16. The molecule has 0 aliphatic carbocycles. The molecule has 2 aromatic carbocycles. The van der Waals surface area contributed by atoms with Gasteiger partial charge in [0.15, 0.2) is 0 Å². The summed E-state index contributed by atoms with van der Waals surface area (Å²) in [6.07, 6.45) is -5.15. The van der Waals surface area contributed by atoms with E-state index in [1.165, 1.54) is 13.1 Å². The van der Waals surface area contributed by atoms with Gasteiger partial charge in [0.05, 0.1) is 22.9 Å². The van der Waals surface area contributed by atoms with E-state index in [4.69, 9.17) is 11.6 Å². The molecule has 1 aromatic heterocycles. The molecule has 1 atom stereocenters. The SMILES string of the molecule is CNC(=O)c1sc(NC(=O)c2cc(F)cc(C(F)(F)F)c2)c2c1CC(=O)NC2c1cc(F)ccc1Cl. The molecule has 2 heterocycles. The summed E-state index contributed by atoms with van der Waals surface area (Å²) in [5, 5.41) is 7.56. The maximum absolute atomic E-state index is 14.0. The minimum absolute atomic E-state index is 0.00301.